The Morgan fingerprint density at radius 1 is 1.09 bits per heavy atom. The van der Waals surface area contributed by atoms with E-state index in [4.69, 9.17) is 4.74 Å². The number of halogens is 1. The van der Waals surface area contributed by atoms with Crippen LogP contribution in [0.4, 0.5) is 10.1 Å². The fourth-order valence-electron chi connectivity index (χ4n) is 7.75. The zero-order valence-electron chi connectivity index (χ0n) is 19.1. The van der Waals surface area contributed by atoms with Crippen molar-refractivity contribution < 1.29 is 23.8 Å². The van der Waals surface area contributed by atoms with Crippen molar-refractivity contribution >= 4 is 17.5 Å². The van der Waals surface area contributed by atoms with Crippen LogP contribution in [0, 0.1) is 29.0 Å². The molecular weight excluding hydrogens is 423 g/mol. The Kier molecular flexibility index (Phi) is 4.98. The quantitative estimate of drug-likeness (QED) is 0.725. The van der Waals surface area contributed by atoms with Gasteiger partial charge in [0.05, 0.1) is 11.1 Å². The maximum Gasteiger partial charge on any atom is 0.228 e. The topological polar surface area (TPSA) is 78.9 Å². The number of nitrogens with zero attached hydrogens (tertiary/aromatic N) is 1. The lowest BCUT2D eigenvalue weighted by molar-refractivity contribution is -0.162. The van der Waals surface area contributed by atoms with Gasteiger partial charge in [0.1, 0.15) is 23.8 Å². The molecule has 4 bridgehead atoms. The number of anilines is 1. The van der Waals surface area contributed by atoms with Crippen molar-refractivity contribution in [3.63, 3.8) is 0 Å². The largest absolute Gasteiger partial charge is 0.490 e. The summed E-state index contributed by atoms with van der Waals surface area (Å²) in [6.07, 6.45) is 8.81. The number of aliphatic hydroxyl groups is 1. The molecule has 0 unspecified atom stereocenters. The molecule has 0 radical (unpaired) electrons. The van der Waals surface area contributed by atoms with Crippen LogP contribution in [0.5, 0.6) is 5.75 Å². The van der Waals surface area contributed by atoms with E-state index in [1.165, 1.54) is 25.3 Å². The van der Waals surface area contributed by atoms with Crippen molar-refractivity contribution in [2.75, 3.05) is 25.0 Å². The number of benzene rings is 1. The number of piperidine rings is 1. The first kappa shape index (κ1) is 21.4. The van der Waals surface area contributed by atoms with Gasteiger partial charge in [-0.1, -0.05) is 0 Å². The average Bonchev–Trinajstić information content (AvgIpc) is 2.78. The molecule has 1 saturated heterocycles. The summed E-state index contributed by atoms with van der Waals surface area (Å²) in [5.41, 5.74) is -0.324. The lowest BCUT2D eigenvalue weighted by Crippen LogP contribution is -2.57. The van der Waals surface area contributed by atoms with Crippen molar-refractivity contribution in [1.82, 2.24) is 4.90 Å². The molecule has 5 fully saturated rings. The number of fused-ring (bicyclic) bond motifs is 1. The van der Waals surface area contributed by atoms with Crippen molar-refractivity contribution in [1.29, 1.82) is 0 Å². The zero-order valence-corrected chi connectivity index (χ0v) is 19.1. The van der Waals surface area contributed by atoms with E-state index in [1.54, 1.807) is 6.07 Å². The summed E-state index contributed by atoms with van der Waals surface area (Å²) in [6, 6.07) is 2.86. The van der Waals surface area contributed by atoms with Crippen LogP contribution in [-0.2, 0) is 16.0 Å². The number of ether oxygens (including phenoxy) is 1. The van der Waals surface area contributed by atoms with Crippen LogP contribution in [0.15, 0.2) is 12.1 Å². The van der Waals surface area contributed by atoms with E-state index >= 15 is 0 Å². The third kappa shape index (κ3) is 3.72. The molecule has 1 aromatic carbocycles. The third-order valence-electron chi connectivity index (χ3n) is 9.06. The van der Waals surface area contributed by atoms with Crippen molar-refractivity contribution in [2.24, 2.45) is 23.2 Å². The first-order valence-corrected chi connectivity index (χ1v) is 12.6. The van der Waals surface area contributed by atoms with E-state index in [9.17, 15) is 19.1 Å². The van der Waals surface area contributed by atoms with Crippen LogP contribution in [0.1, 0.15) is 63.4 Å². The third-order valence-corrected chi connectivity index (χ3v) is 9.06. The van der Waals surface area contributed by atoms with Crippen molar-refractivity contribution in [3.05, 3.63) is 23.5 Å². The van der Waals surface area contributed by atoms with Crippen LogP contribution in [0.25, 0.3) is 0 Å². The fraction of sp³-hybridized carbons (Fsp3) is 0.692. The molecule has 2 N–H and O–H groups in total. The predicted octanol–water partition coefficient (Wildman–Crippen LogP) is 3.66. The van der Waals surface area contributed by atoms with Gasteiger partial charge in [-0.2, -0.15) is 0 Å². The Hall–Kier alpha value is -2.15. The highest BCUT2D eigenvalue weighted by atomic mass is 19.1. The zero-order chi connectivity index (χ0) is 22.8. The number of likely N-dealkylation sites (tertiary alicyclic amines) is 1. The van der Waals surface area contributed by atoms with E-state index in [2.05, 4.69) is 5.32 Å². The van der Waals surface area contributed by atoms with E-state index < -0.39 is 11.4 Å². The number of carbonyl (C=O) groups excluding carboxylic acids is 2. The normalized spacial score (nSPS) is 34.1. The van der Waals surface area contributed by atoms with Crippen LogP contribution in [0.2, 0.25) is 0 Å². The average molecular weight is 457 g/mol. The first-order valence-electron chi connectivity index (χ1n) is 12.6. The maximum atomic E-state index is 14.1. The van der Waals surface area contributed by atoms with Gasteiger partial charge >= 0.3 is 0 Å². The smallest absolute Gasteiger partial charge is 0.228 e. The second kappa shape index (κ2) is 7.69. The highest BCUT2D eigenvalue weighted by molar-refractivity contribution is 5.94. The highest BCUT2D eigenvalue weighted by Gasteiger charge is 2.56. The van der Waals surface area contributed by atoms with Crippen molar-refractivity contribution in [2.45, 2.75) is 69.8 Å². The van der Waals surface area contributed by atoms with Gasteiger partial charge in [0.15, 0.2) is 0 Å². The van der Waals surface area contributed by atoms with Crippen LogP contribution < -0.4 is 10.1 Å². The summed E-state index contributed by atoms with van der Waals surface area (Å²) in [5, 5.41) is 13.7. The van der Waals surface area contributed by atoms with Gasteiger partial charge in [-0.05, 0) is 87.7 Å². The Morgan fingerprint density at radius 2 is 1.73 bits per heavy atom. The summed E-state index contributed by atoms with van der Waals surface area (Å²) < 4.78 is 20.1. The summed E-state index contributed by atoms with van der Waals surface area (Å²) in [5.74, 6) is 2.37. The molecule has 4 aliphatic carbocycles. The summed E-state index contributed by atoms with van der Waals surface area (Å²) >= 11 is 0. The second-order valence-corrected chi connectivity index (χ2v) is 11.5. The minimum absolute atomic E-state index is 0.0956. The van der Waals surface area contributed by atoms with Crippen LogP contribution in [0.3, 0.4) is 0 Å². The maximum absolute atomic E-state index is 14.1. The van der Waals surface area contributed by atoms with Gasteiger partial charge in [-0.3, -0.25) is 9.59 Å². The number of rotatable bonds is 4. The molecule has 2 aliphatic heterocycles. The molecule has 178 valence electrons. The molecule has 6 nitrogen and oxygen atoms in total. The van der Waals surface area contributed by atoms with E-state index in [1.807, 2.05) is 4.90 Å². The molecule has 4 saturated carbocycles. The van der Waals surface area contributed by atoms with Gasteiger partial charge in [0.25, 0.3) is 0 Å². The number of amides is 2. The lowest BCUT2D eigenvalue weighted by Gasteiger charge is -2.57. The van der Waals surface area contributed by atoms with E-state index in [-0.39, 0.29) is 23.6 Å². The number of nitrogens with one attached hydrogen (secondary N) is 1. The standard InChI is InChI=1S/C26H33FN2O4/c27-20-2-3-21(19-1-4-22(30)28-23(19)20)33-15-26(32)5-7-29(8-6-26)24(31)25-12-16-9-17(13-25)11-18(10-16)14-25/h2-3,16-18,32H,1,4-15H2,(H,28,30). The number of hydrogen-bond donors (Lipinski definition) is 2. The molecule has 33 heavy (non-hydrogen) atoms. The Morgan fingerprint density at radius 3 is 2.36 bits per heavy atom. The monoisotopic (exact) mass is 456 g/mol. The SMILES string of the molecule is O=C1CCc2c(OCC3(O)CCN(C(=O)C45CC6CC(CC(C6)C4)C5)CC3)ccc(F)c2N1. The summed E-state index contributed by atoms with van der Waals surface area (Å²) in [6.45, 7) is 1.20. The first-order chi connectivity index (χ1) is 15.8. The molecule has 7 heteroatoms. The fourth-order valence-corrected chi connectivity index (χ4v) is 7.75. The van der Waals surface area contributed by atoms with E-state index in [0.29, 0.717) is 56.0 Å². The molecule has 7 rings (SSSR count). The molecule has 1 aromatic rings. The molecular formula is C26H33FN2O4. The second-order valence-electron chi connectivity index (χ2n) is 11.5. The molecule has 0 atom stereocenters. The molecule has 0 aromatic heterocycles. The minimum Gasteiger partial charge on any atom is -0.490 e. The minimum atomic E-state index is -1.02. The highest BCUT2D eigenvalue weighted by Crippen LogP contribution is 2.60. The summed E-state index contributed by atoms with van der Waals surface area (Å²) in [4.78, 5) is 27.2. The Bertz CT molecular complexity index is 949. The molecule has 2 heterocycles. The lowest BCUT2D eigenvalue weighted by atomic mass is 9.49. The molecule has 0 spiro atoms. The van der Waals surface area contributed by atoms with Gasteiger partial charge in [0, 0.05) is 25.1 Å². The molecule has 2 amide bonds. The molecule has 6 aliphatic rings. The Balaban J connectivity index is 1.09. The van der Waals surface area contributed by atoms with E-state index in [0.717, 1.165) is 37.0 Å². The number of carbonyl (C=O) groups is 2. The van der Waals surface area contributed by atoms with Gasteiger partial charge in [-0.25, -0.2) is 4.39 Å². The predicted molar refractivity (Wildman–Crippen MR) is 120 cm³/mol. The Labute approximate surface area is 193 Å². The van der Waals surface area contributed by atoms with Gasteiger partial charge in [-0.15, -0.1) is 0 Å². The van der Waals surface area contributed by atoms with Crippen molar-refractivity contribution in [3.8, 4) is 5.75 Å². The van der Waals surface area contributed by atoms with Crippen LogP contribution in [-0.4, -0.2) is 47.1 Å². The van der Waals surface area contributed by atoms with Crippen LogP contribution >= 0.6 is 0 Å². The van der Waals surface area contributed by atoms with Gasteiger partial charge < -0.3 is 20.1 Å². The van der Waals surface area contributed by atoms with Gasteiger partial charge in [0.2, 0.25) is 11.8 Å². The summed E-state index contributed by atoms with van der Waals surface area (Å²) in [7, 11) is 0. The number of hydrogen-bond acceptors (Lipinski definition) is 4.